The van der Waals surface area contributed by atoms with Crippen molar-refractivity contribution in [1.82, 2.24) is 4.98 Å². The summed E-state index contributed by atoms with van der Waals surface area (Å²) in [5.74, 6) is -0.920. The highest BCUT2D eigenvalue weighted by atomic mass is 16.5. The molecular formula is C17H20N2O4. The maximum Gasteiger partial charge on any atom is 0.306 e. The van der Waals surface area contributed by atoms with Crippen molar-refractivity contribution in [3.05, 3.63) is 35.0 Å². The van der Waals surface area contributed by atoms with Gasteiger partial charge in [-0.3, -0.25) is 4.79 Å². The first-order chi connectivity index (χ1) is 11.1. The van der Waals surface area contributed by atoms with Crippen LogP contribution in [0.1, 0.15) is 43.5 Å². The Morgan fingerprint density at radius 3 is 2.83 bits per heavy atom. The third-order valence-corrected chi connectivity index (χ3v) is 4.66. The second-order valence-electron chi connectivity index (χ2n) is 5.82. The molecule has 3 rings (SSSR count). The van der Waals surface area contributed by atoms with Gasteiger partial charge in [0.05, 0.1) is 18.7 Å². The van der Waals surface area contributed by atoms with E-state index in [0.717, 1.165) is 28.5 Å². The fourth-order valence-corrected chi connectivity index (χ4v) is 3.43. The average Bonchev–Trinajstić information content (AvgIpc) is 2.95. The van der Waals surface area contributed by atoms with Gasteiger partial charge in [0.25, 0.3) is 0 Å². The number of aryl methyl sites for hydroxylation is 1. The summed E-state index contributed by atoms with van der Waals surface area (Å²) >= 11 is 0. The number of hydrogen-bond donors (Lipinski definition) is 3. The average molecular weight is 316 g/mol. The van der Waals surface area contributed by atoms with Crippen LogP contribution in [0.3, 0.4) is 0 Å². The molecule has 0 radical (unpaired) electrons. The summed E-state index contributed by atoms with van der Waals surface area (Å²) in [4.78, 5) is 14.7. The van der Waals surface area contributed by atoms with Crippen LogP contribution in [0.2, 0.25) is 0 Å². The molecule has 0 bridgehead atoms. The summed E-state index contributed by atoms with van der Waals surface area (Å²) in [7, 11) is 0. The molecule has 1 unspecified atom stereocenters. The van der Waals surface area contributed by atoms with Gasteiger partial charge in [0, 0.05) is 16.5 Å². The van der Waals surface area contributed by atoms with Crippen molar-refractivity contribution >= 4 is 22.6 Å². The maximum absolute atomic E-state index is 11.4. The highest BCUT2D eigenvalue weighted by Crippen LogP contribution is 2.42. The first kappa shape index (κ1) is 15.6. The molecule has 0 aliphatic carbocycles. The van der Waals surface area contributed by atoms with Gasteiger partial charge in [0.2, 0.25) is 0 Å². The van der Waals surface area contributed by atoms with Gasteiger partial charge in [0.1, 0.15) is 11.3 Å². The van der Waals surface area contributed by atoms with Gasteiger partial charge >= 0.3 is 5.97 Å². The second kappa shape index (κ2) is 5.70. The number of aromatic amines is 1. The minimum absolute atomic E-state index is 0.0912. The van der Waals surface area contributed by atoms with Crippen LogP contribution in [-0.4, -0.2) is 33.6 Å². The number of ether oxygens (including phenoxy) is 1. The number of carboxylic acids is 1. The molecule has 1 aliphatic rings. The molecule has 6 heteroatoms. The minimum atomic E-state index is -0.931. The number of hydrogen-bond acceptors (Lipinski definition) is 4. The molecule has 0 fully saturated rings. The molecule has 0 amide bonds. The minimum Gasteiger partial charge on any atom is -0.481 e. The van der Waals surface area contributed by atoms with Crippen LogP contribution >= 0.6 is 0 Å². The maximum atomic E-state index is 11.4. The largest absolute Gasteiger partial charge is 0.481 e. The summed E-state index contributed by atoms with van der Waals surface area (Å²) in [5, 5.41) is 23.0. The van der Waals surface area contributed by atoms with Crippen LogP contribution in [0.4, 0.5) is 0 Å². The number of nitrogens with one attached hydrogen (secondary N) is 1. The van der Waals surface area contributed by atoms with E-state index in [1.807, 2.05) is 25.1 Å². The number of fused-ring (bicyclic) bond motifs is 3. The van der Waals surface area contributed by atoms with Crippen LogP contribution < -0.4 is 0 Å². The fraction of sp³-hybridized carbons (Fsp3) is 0.412. The normalized spacial score (nSPS) is 22.4. The Kier molecular flexibility index (Phi) is 3.85. The van der Waals surface area contributed by atoms with E-state index in [0.29, 0.717) is 17.8 Å². The highest BCUT2D eigenvalue weighted by molar-refractivity contribution is 6.14. The number of nitrogens with zero attached hydrogens (tertiary/aromatic N) is 1. The van der Waals surface area contributed by atoms with Crippen molar-refractivity contribution in [3.8, 4) is 0 Å². The molecule has 1 aromatic carbocycles. The van der Waals surface area contributed by atoms with Crippen LogP contribution in [0.25, 0.3) is 10.9 Å². The lowest BCUT2D eigenvalue weighted by molar-refractivity contribution is -0.146. The number of para-hydroxylation sites is 1. The first-order valence-corrected chi connectivity index (χ1v) is 7.77. The van der Waals surface area contributed by atoms with Crippen LogP contribution in [0.15, 0.2) is 23.4 Å². The molecular weight excluding hydrogens is 296 g/mol. The van der Waals surface area contributed by atoms with Crippen LogP contribution in [-0.2, 0) is 21.6 Å². The van der Waals surface area contributed by atoms with Gasteiger partial charge in [0.15, 0.2) is 0 Å². The van der Waals surface area contributed by atoms with E-state index < -0.39 is 11.6 Å². The van der Waals surface area contributed by atoms with Crippen LogP contribution in [0, 0.1) is 0 Å². The Hall–Kier alpha value is -2.34. The summed E-state index contributed by atoms with van der Waals surface area (Å²) < 4.78 is 5.86. The first-order valence-electron chi connectivity index (χ1n) is 7.77. The smallest absolute Gasteiger partial charge is 0.306 e. The molecule has 0 saturated carbocycles. The number of rotatable bonds is 4. The number of H-pyrrole nitrogens is 1. The molecule has 1 atom stereocenters. The SMILES string of the molecule is CCc1cccc2c3c([nH]c12)C(CC)(CC(=O)O)OC/C3=N\O. The summed E-state index contributed by atoms with van der Waals surface area (Å²) in [6, 6.07) is 5.96. The number of aliphatic carboxylic acids is 1. The number of carboxylic acid groups (broad SMARTS) is 1. The molecule has 0 saturated heterocycles. The fourth-order valence-electron chi connectivity index (χ4n) is 3.43. The van der Waals surface area contributed by atoms with Gasteiger partial charge in [-0.05, 0) is 18.4 Å². The van der Waals surface area contributed by atoms with Gasteiger partial charge in [-0.15, -0.1) is 0 Å². The lowest BCUT2D eigenvalue weighted by Crippen LogP contribution is -2.40. The van der Waals surface area contributed by atoms with E-state index >= 15 is 0 Å². The van der Waals surface area contributed by atoms with Crippen molar-refractivity contribution in [3.63, 3.8) is 0 Å². The summed E-state index contributed by atoms with van der Waals surface area (Å²) in [6.45, 7) is 4.06. The molecule has 2 heterocycles. The lowest BCUT2D eigenvalue weighted by Gasteiger charge is -2.35. The van der Waals surface area contributed by atoms with E-state index in [-0.39, 0.29) is 13.0 Å². The Morgan fingerprint density at radius 1 is 1.43 bits per heavy atom. The second-order valence-corrected chi connectivity index (χ2v) is 5.82. The lowest BCUT2D eigenvalue weighted by atomic mass is 9.85. The zero-order chi connectivity index (χ0) is 16.6. The van der Waals surface area contributed by atoms with E-state index in [9.17, 15) is 15.1 Å². The monoisotopic (exact) mass is 316 g/mol. The number of benzene rings is 1. The molecule has 2 aromatic rings. The van der Waals surface area contributed by atoms with Gasteiger partial charge in [-0.25, -0.2) is 0 Å². The van der Waals surface area contributed by atoms with Crippen molar-refractivity contribution in [2.75, 3.05) is 6.61 Å². The van der Waals surface area contributed by atoms with Gasteiger partial charge in [-0.1, -0.05) is 37.2 Å². The van der Waals surface area contributed by atoms with E-state index in [1.54, 1.807) is 0 Å². The predicted molar refractivity (Wildman–Crippen MR) is 86.2 cm³/mol. The zero-order valence-corrected chi connectivity index (χ0v) is 13.2. The van der Waals surface area contributed by atoms with E-state index in [4.69, 9.17) is 4.74 Å². The standard InChI is InChI=1S/C17H20N2O4/c1-3-10-6-5-7-11-14-12(19-22)9-23-17(4-2,8-13(20)21)16(14)18-15(10)11/h5-7,18,22H,3-4,8-9H2,1-2H3,(H,20,21)/b19-12+. The number of aromatic nitrogens is 1. The van der Waals surface area contributed by atoms with Crippen molar-refractivity contribution in [2.45, 2.75) is 38.7 Å². The highest BCUT2D eigenvalue weighted by Gasteiger charge is 2.43. The zero-order valence-electron chi connectivity index (χ0n) is 13.2. The predicted octanol–water partition coefficient (Wildman–Crippen LogP) is 3.02. The third kappa shape index (κ3) is 2.30. The number of carbonyl (C=O) groups is 1. The Balaban J connectivity index is 2.34. The summed E-state index contributed by atoms with van der Waals surface area (Å²) in [5.41, 5.74) is 3.04. The molecule has 1 aromatic heterocycles. The molecule has 0 spiro atoms. The molecule has 6 nitrogen and oxygen atoms in total. The quantitative estimate of drug-likeness (QED) is 0.597. The molecule has 3 N–H and O–H groups in total. The third-order valence-electron chi connectivity index (χ3n) is 4.66. The number of oxime groups is 1. The van der Waals surface area contributed by atoms with Gasteiger partial charge in [-0.2, -0.15) is 0 Å². The molecule has 1 aliphatic heterocycles. The molecule has 122 valence electrons. The summed E-state index contributed by atoms with van der Waals surface area (Å²) in [6.07, 6.45) is 1.23. The molecule has 23 heavy (non-hydrogen) atoms. The van der Waals surface area contributed by atoms with Crippen molar-refractivity contribution in [2.24, 2.45) is 5.16 Å². The van der Waals surface area contributed by atoms with Crippen molar-refractivity contribution in [1.29, 1.82) is 0 Å². The van der Waals surface area contributed by atoms with E-state index in [2.05, 4.69) is 17.1 Å². The van der Waals surface area contributed by atoms with E-state index in [1.165, 1.54) is 0 Å². The Morgan fingerprint density at radius 2 is 2.22 bits per heavy atom. The Bertz CT molecular complexity index is 793. The van der Waals surface area contributed by atoms with Crippen molar-refractivity contribution < 1.29 is 19.8 Å². The van der Waals surface area contributed by atoms with Gasteiger partial charge < -0.3 is 20.0 Å². The topological polar surface area (TPSA) is 94.9 Å². The van der Waals surface area contributed by atoms with Crippen LogP contribution in [0.5, 0.6) is 0 Å². The Labute approximate surface area is 133 Å².